The highest BCUT2D eigenvalue weighted by Crippen LogP contribution is 2.32. The minimum absolute atomic E-state index is 0.0581. The van der Waals surface area contributed by atoms with E-state index < -0.39 is 11.5 Å². The second-order valence-corrected chi connectivity index (χ2v) is 12.4. The number of rotatable bonds is 11. The predicted molar refractivity (Wildman–Crippen MR) is 177 cm³/mol. The molecule has 234 valence electrons. The van der Waals surface area contributed by atoms with Gasteiger partial charge in [-0.3, -0.25) is 9.56 Å². The second-order valence-electron chi connectivity index (χ2n) is 12.0. The van der Waals surface area contributed by atoms with Gasteiger partial charge in [0.05, 0.1) is 22.4 Å². The largest absolute Gasteiger partial charge is 0.386 e. The number of benzene rings is 2. The van der Waals surface area contributed by atoms with Crippen LogP contribution in [0, 0.1) is 5.82 Å². The van der Waals surface area contributed by atoms with Crippen molar-refractivity contribution in [1.29, 1.82) is 0 Å². The number of aromatic nitrogens is 3. The summed E-state index contributed by atoms with van der Waals surface area (Å²) in [6.45, 7) is 4.45. The van der Waals surface area contributed by atoms with Crippen LogP contribution >= 0.6 is 11.6 Å². The number of aryl methyl sites for hydroxylation is 1. The summed E-state index contributed by atoms with van der Waals surface area (Å²) in [4.78, 5) is 24.8. The molecule has 8 N–H and O–H groups in total. The molecule has 0 amide bonds. The fraction of sp³-hybridized carbons (Fsp3) is 0.424. The van der Waals surface area contributed by atoms with Crippen LogP contribution in [0.1, 0.15) is 69.5 Å². The zero-order valence-corrected chi connectivity index (χ0v) is 26.1. The third-order valence-corrected chi connectivity index (χ3v) is 8.58. The first-order valence-corrected chi connectivity index (χ1v) is 15.7. The Morgan fingerprint density at radius 3 is 2.68 bits per heavy atom. The minimum Gasteiger partial charge on any atom is -0.386 e. The van der Waals surface area contributed by atoms with Gasteiger partial charge in [-0.2, -0.15) is 4.98 Å². The Labute approximate surface area is 262 Å². The Morgan fingerprint density at radius 1 is 1.18 bits per heavy atom. The smallest absolute Gasteiger partial charge is 0.354 e. The fourth-order valence-electron chi connectivity index (χ4n) is 5.81. The third kappa shape index (κ3) is 7.55. The number of nitrogens with two attached hydrogens (primary N) is 3. The van der Waals surface area contributed by atoms with Crippen molar-refractivity contribution in [2.24, 2.45) is 22.2 Å². The van der Waals surface area contributed by atoms with Gasteiger partial charge in [0.2, 0.25) is 0 Å². The normalized spacial score (nSPS) is 18.9. The maximum absolute atomic E-state index is 15.1. The van der Waals surface area contributed by atoms with E-state index in [0.29, 0.717) is 46.4 Å². The fourth-order valence-corrected chi connectivity index (χ4v) is 6.05. The summed E-state index contributed by atoms with van der Waals surface area (Å²) >= 11 is 6.26. The van der Waals surface area contributed by atoms with Gasteiger partial charge in [0.15, 0.2) is 5.82 Å². The van der Waals surface area contributed by atoms with Gasteiger partial charge in [-0.25, -0.2) is 9.18 Å². The van der Waals surface area contributed by atoms with Crippen molar-refractivity contribution in [2.75, 3.05) is 6.54 Å². The number of H-pyrrole nitrogens is 1. The Hall–Kier alpha value is -3.57. The number of piperidine rings is 1. The van der Waals surface area contributed by atoms with Crippen LogP contribution in [0.15, 0.2) is 58.4 Å². The topological polar surface area (TPSA) is 153 Å². The van der Waals surface area contributed by atoms with Crippen molar-refractivity contribution in [2.45, 2.75) is 83.0 Å². The van der Waals surface area contributed by atoms with Gasteiger partial charge < -0.3 is 27.5 Å². The molecule has 0 bridgehead atoms. The highest BCUT2D eigenvalue weighted by molar-refractivity contribution is 6.31. The summed E-state index contributed by atoms with van der Waals surface area (Å²) in [5.74, 6) is -0.0261. The van der Waals surface area contributed by atoms with Gasteiger partial charge in [0, 0.05) is 41.8 Å². The van der Waals surface area contributed by atoms with Gasteiger partial charge in [0.1, 0.15) is 11.5 Å². The van der Waals surface area contributed by atoms with E-state index in [0.717, 1.165) is 56.1 Å². The Morgan fingerprint density at radius 2 is 1.95 bits per heavy atom. The lowest BCUT2D eigenvalue weighted by molar-refractivity contribution is 0.315. The Kier molecular flexibility index (Phi) is 10.2. The standard InChI is InChI=1S/C33H42ClFN8O/c1-19(36)5-3-6-21-15-26(30(35)27(34)16-21)29-17-23-18-43(33(44)42-32(23)41-29)25-11-9-22(10-12-25)28-8-4-7-24(40-28)13-14-39-31(38)20(2)37/h9-12,15-20,24,28,40H,3-8,13-14,36-37H2,1-2H3,(H2,38,39)(H,41,42,44)/t19-,20+,24-,28-/m0/s1. The molecule has 44 heavy (non-hydrogen) atoms. The lowest BCUT2D eigenvalue weighted by Crippen LogP contribution is -2.38. The molecule has 1 saturated heterocycles. The van der Waals surface area contributed by atoms with Gasteiger partial charge in [-0.15, -0.1) is 0 Å². The first kappa shape index (κ1) is 31.8. The van der Waals surface area contributed by atoms with Crippen LogP contribution in [-0.2, 0) is 6.42 Å². The molecule has 4 aromatic rings. The summed E-state index contributed by atoms with van der Waals surface area (Å²) in [7, 11) is 0. The van der Waals surface area contributed by atoms with Gasteiger partial charge in [0.25, 0.3) is 0 Å². The maximum Gasteiger partial charge on any atom is 0.354 e. The number of hydrogen-bond acceptors (Lipinski definition) is 6. The molecule has 11 heteroatoms. The van der Waals surface area contributed by atoms with E-state index in [-0.39, 0.29) is 23.1 Å². The molecule has 3 heterocycles. The van der Waals surface area contributed by atoms with Crippen LogP contribution < -0.4 is 28.2 Å². The van der Waals surface area contributed by atoms with Crippen LogP contribution in [0.3, 0.4) is 0 Å². The van der Waals surface area contributed by atoms with Gasteiger partial charge in [-0.1, -0.05) is 30.2 Å². The summed E-state index contributed by atoms with van der Waals surface area (Å²) in [6, 6.07) is 13.7. The monoisotopic (exact) mass is 620 g/mol. The molecule has 5 rings (SSSR count). The lowest BCUT2D eigenvalue weighted by Gasteiger charge is -2.31. The third-order valence-electron chi connectivity index (χ3n) is 8.31. The molecule has 2 aromatic carbocycles. The molecule has 1 fully saturated rings. The number of nitrogens with zero attached hydrogens (tertiary/aromatic N) is 3. The van der Waals surface area contributed by atoms with E-state index in [1.165, 1.54) is 4.57 Å². The van der Waals surface area contributed by atoms with Crippen LogP contribution in [0.5, 0.6) is 0 Å². The number of fused-ring (bicyclic) bond motifs is 1. The Balaban J connectivity index is 1.32. The molecule has 0 aliphatic carbocycles. The van der Waals surface area contributed by atoms with Crippen molar-refractivity contribution >= 4 is 28.5 Å². The zero-order valence-electron chi connectivity index (χ0n) is 25.3. The molecule has 0 saturated carbocycles. The van der Waals surface area contributed by atoms with Crippen molar-refractivity contribution in [3.8, 4) is 16.9 Å². The molecule has 0 unspecified atom stereocenters. The van der Waals surface area contributed by atoms with Crippen LogP contribution in [-0.4, -0.2) is 45.0 Å². The number of hydrogen-bond donors (Lipinski definition) is 5. The predicted octanol–water partition coefficient (Wildman–Crippen LogP) is 5.12. The number of amidine groups is 1. The number of aromatic amines is 1. The molecule has 4 atom stereocenters. The van der Waals surface area contributed by atoms with Crippen molar-refractivity contribution in [3.05, 3.63) is 81.1 Å². The Bertz CT molecular complexity index is 1680. The SMILES string of the molecule is C[C@H](N)CCCc1cc(Cl)c(F)c(-c2cc3cn(-c4ccc([C@@H]5CCC[C@@H](CCN=C(N)[C@@H](C)N)N5)cc4)c(=O)nc3[nH]2)c1. The second kappa shape index (κ2) is 14.0. The highest BCUT2D eigenvalue weighted by atomic mass is 35.5. The molecule has 9 nitrogen and oxygen atoms in total. The molecule has 0 radical (unpaired) electrons. The molecular weight excluding hydrogens is 579 g/mol. The zero-order chi connectivity index (χ0) is 31.4. The summed E-state index contributed by atoms with van der Waals surface area (Å²) < 4.78 is 16.6. The van der Waals surface area contributed by atoms with Gasteiger partial charge >= 0.3 is 5.69 Å². The van der Waals surface area contributed by atoms with Crippen LogP contribution in [0.2, 0.25) is 5.02 Å². The molecule has 2 aromatic heterocycles. The summed E-state index contributed by atoms with van der Waals surface area (Å²) in [5, 5.41) is 4.49. The molecular formula is C33H42ClFN8O. The van der Waals surface area contributed by atoms with Crippen LogP contribution in [0.4, 0.5) is 4.39 Å². The van der Waals surface area contributed by atoms with Crippen molar-refractivity contribution in [3.63, 3.8) is 0 Å². The first-order valence-electron chi connectivity index (χ1n) is 15.4. The van der Waals surface area contributed by atoms with Crippen molar-refractivity contribution < 1.29 is 4.39 Å². The minimum atomic E-state index is -0.513. The molecule has 1 aliphatic heterocycles. The maximum atomic E-state index is 15.1. The van der Waals surface area contributed by atoms with Crippen molar-refractivity contribution in [1.82, 2.24) is 19.9 Å². The average Bonchev–Trinajstić information content (AvgIpc) is 3.41. The first-order chi connectivity index (χ1) is 21.1. The van der Waals surface area contributed by atoms with Gasteiger partial charge in [-0.05, 0) is 93.8 Å². The van der Waals surface area contributed by atoms with E-state index >= 15 is 4.39 Å². The van der Waals surface area contributed by atoms with E-state index in [9.17, 15) is 4.79 Å². The molecule has 0 spiro atoms. The summed E-state index contributed by atoms with van der Waals surface area (Å²) in [5.41, 5.74) is 21.1. The highest BCUT2D eigenvalue weighted by Gasteiger charge is 2.22. The number of halogens is 2. The van der Waals surface area contributed by atoms with E-state index in [2.05, 4.69) is 32.4 Å². The van der Waals surface area contributed by atoms with E-state index in [1.54, 1.807) is 24.4 Å². The average molecular weight is 621 g/mol. The quantitative estimate of drug-likeness (QED) is 0.116. The van der Waals surface area contributed by atoms with Crippen LogP contribution in [0.25, 0.3) is 28.0 Å². The summed E-state index contributed by atoms with van der Waals surface area (Å²) in [6.07, 6.45) is 8.36. The number of aliphatic imine (C=N–C) groups is 1. The van der Waals surface area contributed by atoms with E-state index in [1.807, 2.05) is 26.0 Å². The van der Waals surface area contributed by atoms with E-state index in [4.69, 9.17) is 28.8 Å². The number of nitrogens with one attached hydrogen (secondary N) is 2. The molecule has 1 aliphatic rings. The lowest BCUT2D eigenvalue weighted by atomic mass is 9.92.